The zero-order valence-electron chi connectivity index (χ0n) is 9.99. The first kappa shape index (κ1) is 11.6. The second-order valence-corrected chi connectivity index (χ2v) is 4.57. The molecule has 1 aromatic rings. The van der Waals surface area contributed by atoms with E-state index in [1.54, 1.807) is 24.3 Å². The summed E-state index contributed by atoms with van der Waals surface area (Å²) in [6.45, 7) is 4.79. The molecule has 17 heavy (non-hydrogen) atoms. The second-order valence-electron chi connectivity index (χ2n) is 4.57. The van der Waals surface area contributed by atoms with Crippen molar-refractivity contribution in [3.63, 3.8) is 0 Å². The molecular formula is C14H15NO2. The molecule has 0 heterocycles. The number of allylic oxidation sites excluding steroid dienone is 2. The lowest BCUT2D eigenvalue weighted by Gasteiger charge is -2.17. The number of benzene rings is 1. The van der Waals surface area contributed by atoms with Gasteiger partial charge in [-0.05, 0) is 5.92 Å². The average Bonchev–Trinajstić information content (AvgIpc) is 2.32. The summed E-state index contributed by atoms with van der Waals surface area (Å²) in [6.07, 6.45) is 1.40. The van der Waals surface area contributed by atoms with Crippen LogP contribution >= 0.6 is 0 Å². The predicted octanol–water partition coefficient (Wildman–Crippen LogP) is 2.20. The van der Waals surface area contributed by atoms with Crippen molar-refractivity contribution in [3.05, 3.63) is 47.2 Å². The molecule has 0 radical (unpaired) electrons. The van der Waals surface area contributed by atoms with Gasteiger partial charge < -0.3 is 5.32 Å². The van der Waals surface area contributed by atoms with E-state index in [0.717, 1.165) is 0 Å². The Labute approximate surface area is 101 Å². The van der Waals surface area contributed by atoms with Gasteiger partial charge in [0.25, 0.3) is 0 Å². The highest BCUT2D eigenvalue weighted by atomic mass is 16.1. The van der Waals surface area contributed by atoms with Gasteiger partial charge in [-0.2, -0.15) is 0 Å². The molecule has 0 fully saturated rings. The predicted molar refractivity (Wildman–Crippen MR) is 66.0 cm³/mol. The third-order valence-electron chi connectivity index (χ3n) is 2.66. The zero-order chi connectivity index (χ0) is 12.4. The maximum Gasteiger partial charge on any atom is 0.209 e. The molecule has 2 rings (SSSR count). The highest BCUT2D eigenvalue weighted by Crippen LogP contribution is 2.19. The van der Waals surface area contributed by atoms with Crippen molar-refractivity contribution in [2.24, 2.45) is 5.92 Å². The Balaban J connectivity index is 2.29. The SMILES string of the molecule is CC(C)CNC1=CC(=O)c2ccccc2C1=O. The first-order valence-electron chi connectivity index (χ1n) is 5.73. The molecule has 0 saturated carbocycles. The second kappa shape index (κ2) is 4.53. The highest BCUT2D eigenvalue weighted by molar-refractivity contribution is 6.24. The van der Waals surface area contributed by atoms with Gasteiger partial charge in [0.05, 0.1) is 5.70 Å². The molecule has 3 heteroatoms. The number of fused-ring (bicyclic) bond motifs is 1. The summed E-state index contributed by atoms with van der Waals surface area (Å²) < 4.78 is 0. The van der Waals surface area contributed by atoms with Gasteiger partial charge in [0.1, 0.15) is 0 Å². The highest BCUT2D eigenvalue weighted by Gasteiger charge is 2.24. The molecule has 0 spiro atoms. The normalized spacial score (nSPS) is 14.6. The molecule has 0 aliphatic heterocycles. The Hall–Kier alpha value is -1.90. The molecular weight excluding hydrogens is 214 g/mol. The van der Waals surface area contributed by atoms with E-state index in [-0.39, 0.29) is 11.6 Å². The van der Waals surface area contributed by atoms with E-state index in [1.807, 2.05) is 0 Å². The Kier molecular flexibility index (Phi) is 3.09. The Morgan fingerprint density at radius 1 is 1.12 bits per heavy atom. The fourth-order valence-corrected chi connectivity index (χ4v) is 1.76. The van der Waals surface area contributed by atoms with E-state index in [1.165, 1.54) is 6.08 Å². The van der Waals surface area contributed by atoms with Gasteiger partial charge >= 0.3 is 0 Å². The summed E-state index contributed by atoms with van der Waals surface area (Å²) in [4.78, 5) is 23.9. The van der Waals surface area contributed by atoms with Crippen LogP contribution in [0.2, 0.25) is 0 Å². The molecule has 0 aromatic heterocycles. The van der Waals surface area contributed by atoms with Gasteiger partial charge in [-0.25, -0.2) is 0 Å². The summed E-state index contributed by atoms with van der Waals surface area (Å²) in [6, 6.07) is 6.92. The monoisotopic (exact) mass is 229 g/mol. The third kappa shape index (κ3) is 2.28. The third-order valence-corrected chi connectivity index (χ3v) is 2.66. The molecule has 1 aromatic carbocycles. The van der Waals surface area contributed by atoms with Crippen LogP contribution in [0.3, 0.4) is 0 Å². The van der Waals surface area contributed by atoms with Crippen molar-refractivity contribution in [1.82, 2.24) is 5.32 Å². The number of ketones is 2. The zero-order valence-corrected chi connectivity index (χ0v) is 9.99. The van der Waals surface area contributed by atoms with Crippen LogP contribution in [0.4, 0.5) is 0 Å². The van der Waals surface area contributed by atoms with E-state index in [4.69, 9.17) is 0 Å². The van der Waals surface area contributed by atoms with E-state index in [9.17, 15) is 9.59 Å². The molecule has 1 aliphatic carbocycles. The minimum atomic E-state index is -0.105. The average molecular weight is 229 g/mol. The van der Waals surface area contributed by atoms with Crippen LogP contribution in [0.25, 0.3) is 0 Å². The molecule has 0 unspecified atom stereocenters. The molecule has 0 bridgehead atoms. The molecule has 1 N–H and O–H groups in total. The number of carbonyl (C=O) groups excluding carboxylic acids is 2. The van der Waals surface area contributed by atoms with Crippen molar-refractivity contribution in [3.8, 4) is 0 Å². The van der Waals surface area contributed by atoms with Crippen molar-refractivity contribution in [2.45, 2.75) is 13.8 Å². The van der Waals surface area contributed by atoms with Gasteiger partial charge in [-0.1, -0.05) is 38.1 Å². The van der Waals surface area contributed by atoms with Crippen LogP contribution in [0.1, 0.15) is 34.6 Å². The lowest BCUT2D eigenvalue weighted by molar-refractivity contribution is 0.0978. The number of Topliss-reactive ketones (excluding diaryl/α,β-unsaturated/α-hetero) is 1. The van der Waals surface area contributed by atoms with Crippen molar-refractivity contribution in [2.75, 3.05) is 6.54 Å². The van der Waals surface area contributed by atoms with Crippen LogP contribution in [0.15, 0.2) is 36.0 Å². The smallest absolute Gasteiger partial charge is 0.209 e. The summed E-state index contributed by atoms with van der Waals surface area (Å²) in [7, 11) is 0. The van der Waals surface area contributed by atoms with E-state index < -0.39 is 0 Å². The lowest BCUT2D eigenvalue weighted by atomic mass is 9.92. The van der Waals surface area contributed by atoms with Crippen LogP contribution < -0.4 is 5.32 Å². The molecule has 0 amide bonds. The number of hydrogen-bond donors (Lipinski definition) is 1. The maximum absolute atomic E-state index is 12.1. The van der Waals surface area contributed by atoms with E-state index >= 15 is 0 Å². The van der Waals surface area contributed by atoms with Gasteiger partial charge in [0.2, 0.25) is 5.78 Å². The van der Waals surface area contributed by atoms with Crippen molar-refractivity contribution >= 4 is 11.6 Å². The molecule has 0 saturated heterocycles. The molecule has 88 valence electrons. The fraction of sp³-hybridized carbons (Fsp3) is 0.286. The van der Waals surface area contributed by atoms with Gasteiger partial charge in [0, 0.05) is 23.7 Å². The number of carbonyl (C=O) groups is 2. The Morgan fingerprint density at radius 3 is 2.41 bits per heavy atom. The summed E-state index contributed by atoms with van der Waals surface area (Å²) in [5.74, 6) is 0.225. The summed E-state index contributed by atoms with van der Waals surface area (Å²) in [5, 5.41) is 3.03. The Bertz CT molecular complexity index is 501. The summed E-state index contributed by atoms with van der Waals surface area (Å²) in [5.41, 5.74) is 1.39. The maximum atomic E-state index is 12.1. The lowest BCUT2D eigenvalue weighted by Crippen LogP contribution is -2.29. The quantitative estimate of drug-likeness (QED) is 0.864. The van der Waals surface area contributed by atoms with Gasteiger partial charge in [-0.3, -0.25) is 9.59 Å². The van der Waals surface area contributed by atoms with E-state index in [0.29, 0.717) is 29.3 Å². The molecule has 3 nitrogen and oxygen atoms in total. The largest absolute Gasteiger partial charge is 0.382 e. The number of hydrogen-bond acceptors (Lipinski definition) is 3. The van der Waals surface area contributed by atoms with Gasteiger partial charge in [-0.15, -0.1) is 0 Å². The van der Waals surface area contributed by atoms with E-state index in [2.05, 4.69) is 19.2 Å². The van der Waals surface area contributed by atoms with Crippen molar-refractivity contribution in [1.29, 1.82) is 0 Å². The number of nitrogens with one attached hydrogen (secondary N) is 1. The van der Waals surface area contributed by atoms with Crippen LogP contribution in [-0.4, -0.2) is 18.1 Å². The Morgan fingerprint density at radius 2 is 1.76 bits per heavy atom. The standard InChI is InChI=1S/C14H15NO2/c1-9(2)8-15-12-7-13(16)10-5-3-4-6-11(10)14(12)17/h3-7,9,15H,8H2,1-2H3. The van der Waals surface area contributed by atoms with Crippen LogP contribution in [0.5, 0.6) is 0 Å². The minimum absolute atomic E-state index is 0.0964. The summed E-state index contributed by atoms with van der Waals surface area (Å²) >= 11 is 0. The molecule has 0 atom stereocenters. The molecule has 1 aliphatic rings. The first-order valence-corrected chi connectivity index (χ1v) is 5.73. The first-order chi connectivity index (χ1) is 8.09. The van der Waals surface area contributed by atoms with Crippen LogP contribution in [-0.2, 0) is 0 Å². The minimum Gasteiger partial charge on any atom is -0.382 e. The van der Waals surface area contributed by atoms with Crippen LogP contribution in [0, 0.1) is 5.92 Å². The van der Waals surface area contributed by atoms with Crippen molar-refractivity contribution < 1.29 is 9.59 Å². The van der Waals surface area contributed by atoms with Gasteiger partial charge in [0.15, 0.2) is 5.78 Å². The number of rotatable bonds is 3. The fourth-order valence-electron chi connectivity index (χ4n) is 1.76. The topological polar surface area (TPSA) is 46.2 Å².